The number of hydrogen-bond acceptors (Lipinski definition) is 0. The molecule has 0 spiro atoms. The molecule has 0 saturated carbocycles. The van der Waals surface area contributed by atoms with E-state index in [0.717, 1.165) is 0 Å². The van der Waals surface area contributed by atoms with Crippen molar-refractivity contribution >= 4 is 29.1 Å². The van der Waals surface area contributed by atoms with Gasteiger partial charge in [-0.3, -0.25) is 0 Å². The Bertz CT molecular complexity index is 8.85. The van der Waals surface area contributed by atoms with Crippen molar-refractivity contribution < 1.29 is 0 Å². The summed E-state index contributed by atoms with van der Waals surface area (Å²) >= 11 is 0. The first-order chi connectivity index (χ1) is 1.91. The third-order valence-corrected chi connectivity index (χ3v) is 1.50. The Morgan fingerprint density at radius 2 is 1.80 bits per heavy atom. The first-order valence-corrected chi connectivity index (χ1v) is 3.33. The van der Waals surface area contributed by atoms with E-state index in [-0.39, 0.29) is 18.9 Å². The molecular weight excluding hydrogens is 71.1 g/mol. The maximum absolute atomic E-state index is 2.22. The maximum atomic E-state index is 2.22. The minimum atomic E-state index is 0. The molecular formula is C3H10LiSi. The number of hydrogen-bond donors (Lipinski definition) is 0. The molecule has 0 heterocycles. The van der Waals surface area contributed by atoms with Crippen LogP contribution in [0.15, 0.2) is 0 Å². The topological polar surface area (TPSA) is 0 Å². The van der Waals surface area contributed by atoms with Crippen LogP contribution in [-0.4, -0.2) is 29.1 Å². The Balaban J connectivity index is 0. The van der Waals surface area contributed by atoms with E-state index < -0.39 is 0 Å². The maximum Gasteiger partial charge on any atom is 0.00278 e. The molecule has 0 aromatic rings. The van der Waals surface area contributed by atoms with Crippen LogP contribution in [0.1, 0.15) is 13.3 Å². The third-order valence-electron chi connectivity index (χ3n) is 0.500. The van der Waals surface area contributed by atoms with Crippen molar-refractivity contribution in [2.45, 2.75) is 19.4 Å². The van der Waals surface area contributed by atoms with Gasteiger partial charge in [-0.1, -0.05) is 19.4 Å². The summed E-state index contributed by atoms with van der Waals surface area (Å²) in [6.45, 7) is 2.22. The Morgan fingerprint density at radius 1 is 1.60 bits per heavy atom. The summed E-state index contributed by atoms with van der Waals surface area (Å²) in [5, 5.41) is 0. The standard InChI is InChI=1S/C3H10Si.Li/c1-2-3-4;/h2-3H2,1,4H3;. The van der Waals surface area contributed by atoms with Crippen LogP contribution in [0.5, 0.6) is 0 Å². The zero-order valence-corrected chi connectivity index (χ0v) is 6.41. The van der Waals surface area contributed by atoms with Gasteiger partial charge in [0, 0.05) is 29.1 Å². The van der Waals surface area contributed by atoms with Crippen molar-refractivity contribution in [2.75, 3.05) is 0 Å². The molecule has 0 saturated heterocycles. The van der Waals surface area contributed by atoms with E-state index in [4.69, 9.17) is 0 Å². The van der Waals surface area contributed by atoms with Gasteiger partial charge in [-0.15, -0.1) is 0 Å². The van der Waals surface area contributed by atoms with Crippen LogP contribution in [0.3, 0.4) is 0 Å². The minimum Gasteiger partial charge on any atom is -0.0661 e. The molecule has 2 heteroatoms. The van der Waals surface area contributed by atoms with Crippen LogP contribution in [0.25, 0.3) is 0 Å². The summed E-state index contributed by atoms with van der Waals surface area (Å²) in [6, 6.07) is 1.46. The Kier molecular flexibility index (Phi) is 16.4. The quantitative estimate of drug-likeness (QED) is 0.383. The van der Waals surface area contributed by atoms with E-state index in [1.165, 1.54) is 22.7 Å². The second kappa shape index (κ2) is 8.84. The van der Waals surface area contributed by atoms with Crippen molar-refractivity contribution in [3.8, 4) is 0 Å². The molecule has 0 aliphatic heterocycles. The molecule has 0 aromatic carbocycles. The van der Waals surface area contributed by atoms with Crippen LogP contribution in [-0.2, 0) is 0 Å². The van der Waals surface area contributed by atoms with Gasteiger partial charge in [-0.25, -0.2) is 0 Å². The van der Waals surface area contributed by atoms with Gasteiger partial charge in [0.1, 0.15) is 0 Å². The van der Waals surface area contributed by atoms with Crippen molar-refractivity contribution in [2.24, 2.45) is 0 Å². The number of rotatable bonds is 1. The molecule has 0 aromatic heterocycles. The van der Waals surface area contributed by atoms with Crippen LogP contribution >= 0.6 is 0 Å². The van der Waals surface area contributed by atoms with E-state index in [1.54, 1.807) is 0 Å². The SMILES string of the molecule is CCC[SiH3].[Li]. The fourth-order valence-corrected chi connectivity index (χ4v) is 0. The van der Waals surface area contributed by atoms with Crippen LogP contribution < -0.4 is 0 Å². The molecule has 0 N–H and O–H groups in total. The Hall–Kier alpha value is 0.814. The second-order valence-electron chi connectivity index (χ2n) is 1.000. The normalized spacial score (nSPS) is 6.60. The molecule has 0 fully saturated rings. The van der Waals surface area contributed by atoms with Crippen LogP contribution in [0.4, 0.5) is 0 Å². The largest absolute Gasteiger partial charge is 0.0661 e. The molecule has 5 heavy (non-hydrogen) atoms. The second-order valence-corrected chi connectivity index (χ2v) is 2.00. The first kappa shape index (κ1) is 9.26. The summed E-state index contributed by atoms with van der Waals surface area (Å²) in [7, 11) is 1.39. The molecule has 0 unspecified atom stereocenters. The molecule has 0 bridgehead atoms. The summed E-state index contributed by atoms with van der Waals surface area (Å²) in [5.74, 6) is 0. The zero-order chi connectivity index (χ0) is 3.41. The van der Waals surface area contributed by atoms with Gasteiger partial charge in [-0.05, 0) is 0 Å². The van der Waals surface area contributed by atoms with Crippen LogP contribution in [0.2, 0.25) is 6.04 Å². The predicted octanol–water partition coefficient (Wildman–Crippen LogP) is -0.201. The van der Waals surface area contributed by atoms with Crippen LogP contribution in [0, 0.1) is 0 Å². The van der Waals surface area contributed by atoms with Gasteiger partial charge in [0.25, 0.3) is 0 Å². The van der Waals surface area contributed by atoms with E-state index in [2.05, 4.69) is 6.92 Å². The van der Waals surface area contributed by atoms with Crippen molar-refractivity contribution in [3.05, 3.63) is 0 Å². The summed E-state index contributed by atoms with van der Waals surface area (Å²) in [4.78, 5) is 0. The van der Waals surface area contributed by atoms with Crippen molar-refractivity contribution in [3.63, 3.8) is 0 Å². The zero-order valence-electron chi connectivity index (χ0n) is 4.41. The third kappa shape index (κ3) is 11.6. The molecule has 0 nitrogen and oxygen atoms in total. The molecule has 0 rings (SSSR count). The fourth-order valence-electron chi connectivity index (χ4n) is 0. The van der Waals surface area contributed by atoms with Gasteiger partial charge in [0.2, 0.25) is 0 Å². The predicted molar refractivity (Wildman–Crippen MR) is 30.8 cm³/mol. The van der Waals surface area contributed by atoms with Gasteiger partial charge in [0.05, 0.1) is 0 Å². The summed E-state index contributed by atoms with van der Waals surface area (Å²) in [6.07, 6.45) is 1.38. The van der Waals surface area contributed by atoms with E-state index in [9.17, 15) is 0 Å². The molecule has 1 radical (unpaired) electrons. The molecule has 0 atom stereocenters. The molecule has 0 aliphatic rings. The van der Waals surface area contributed by atoms with Gasteiger partial charge in [-0.2, -0.15) is 0 Å². The van der Waals surface area contributed by atoms with Gasteiger partial charge in [0.15, 0.2) is 0 Å². The fraction of sp³-hybridized carbons (Fsp3) is 1.00. The van der Waals surface area contributed by atoms with Gasteiger partial charge >= 0.3 is 0 Å². The molecule has 27 valence electrons. The average molecular weight is 81.1 g/mol. The smallest absolute Gasteiger partial charge is 0.00278 e. The van der Waals surface area contributed by atoms with E-state index >= 15 is 0 Å². The van der Waals surface area contributed by atoms with E-state index in [0.29, 0.717) is 0 Å². The molecule has 0 amide bonds. The Labute approximate surface area is 48.9 Å². The monoisotopic (exact) mass is 81.1 g/mol. The van der Waals surface area contributed by atoms with Gasteiger partial charge < -0.3 is 0 Å². The minimum absolute atomic E-state index is 0. The average Bonchev–Trinajstić information content (AvgIpc) is 1.37. The summed E-state index contributed by atoms with van der Waals surface area (Å²) in [5.41, 5.74) is 0. The first-order valence-electron chi connectivity index (χ1n) is 1.91. The van der Waals surface area contributed by atoms with Crippen molar-refractivity contribution in [1.29, 1.82) is 0 Å². The summed E-state index contributed by atoms with van der Waals surface area (Å²) < 4.78 is 0. The Morgan fingerprint density at radius 3 is 1.80 bits per heavy atom. The van der Waals surface area contributed by atoms with Crippen molar-refractivity contribution in [1.82, 2.24) is 0 Å². The molecule has 0 aliphatic carbocycles. The van der Waals surface area contributed by atoms with E-state index in [1.807, 2.05) is 0 Å².